The summed E-state index contributed by atoms with van der Waals surface area (Å²) in [5, 5.41) is 0. The van der Waals surface area contributed by atoms with Gasteiger partial charge in [0.25, 0.3) is 0 Å². The van der Waals surface area contributed by atoms with E-state index in [1.165, 1.54) is 0 Å². The van der Waals surface area contributed by atoms with E-state index in [-0.39, 0.29) is 0 Å². The van der Waals surface area contributed by atoms with Gasteiger partial charge in [-0.2, -0.15) is 0 Å². The van der Waals surface area contributed by atoms with Crippen LogP contribution in [0.5, 0.6) is 0 Å². The summed E-state index contributed by atoms with van der Waals surface area (Å²) in [6.07, 6.45) is 0.979. The van der Waals surface area contributed by atoms with Crippen molar-refractivity contribution in [1.82, 2.24) is 10.4 Å². The van der Waals surface area contributed by atoms with E-state index < -0.39 is 11.7 Å². The van der Waals surface area contributed by atoms with Crippen LogP contribution < -0.4 is 16.6 Å². The number of nitrogens with two attached hydrogens (primary N) is 1. The summed E-state index contributed by atoms with van der Waals surface area (Å²) in [6.45, 7) is 5.34. The van der Waals surface area contributed by atoms with Crippen molar-refractivity contribution >= 4 is 17.6 Å². The minimum Gasteiger partial charge on any atom is -0.443 e. The van der Waals surface area contributed by atoms with Gasteiger partial charge in [-0.1, -0.05) is 0 Å². The minimum absolute atomic E-state index is 0.383. The molecule has 1 amide bonds. The zero-order valence-electron chi connectivity index (χ0n) is 9.57. The molecule has 0 aliphatic rings. The molecule has 0 aliphatic heterocycles. The molecule has 88 valence electrons. The fraction of sp³-hybridized carbons (Fsp3) is 0.400. The molecule has 4 N–H and O–H groups in total. The third kappa shape index (κ3) is 4.04. The van der Waals surface area contributed by atoms with E-state index in [0.29, 0.717) is 11.5 Å². The Morgan fingerprint density at radius 2 is 2.19 bits per heavy atom. The molecule has 0 radical (unpaired) electrons. The Morgan fingerprint density at radius 3 is 2.75 bits per heavy atom. The van der Waals surface area contributed by atoms with Crippen LogP contribution in [0.25, 0.3) is 0 Å². The largest absolute Gasteiger partial charge is 0.443 e. The summed E-state index contributed by atoms with van der Waals surface area (Å²) >= 11 is 0. The molecule has 6 nitrogen and oxygen atoms in total. The average molecular weight is 224 g/mol. The number of aromatic nitrogens is 1. The molecule has 0 atom stereocenters. The predicted molar refractivity (Wildman–Crippen MR) is 61.6 cm³/mol. The van der Waals surface area contributed by atoms with E-state index in [0.717, 1.165) is 0 Å². The van der Waals surface area contributed by atoms with Crippen molar-refractivity contribution in [3.05, 3.63) is 18.3 Å². The molecular weight excluding hydrogens is 208 g/mol. The highest BCUT2D eigenvalue weighted by Crippen LogP contribution is 2.11. The molecule has 0 aliphatic carbocycles. The van der Waals surface area contributed by atoms with Crippen LogP contribution in [0.4, 0.5) is 16.3 Å². The van der Waals surface area contributed by atoms with Crippen molar-refractivity contribution in [2.75, 3.05) is 11.2 Å². The van der Waals surface area contributed by atoms with Crippen molar-refractivity contribution in [2.24, 2.45) is 0 Å². The standard InChI is InChI=1S/C10H16N4O2/c1-10(2,3)16-9(15)14-13-8-7(11)5-4-6-12-8/h4-6H,11H2,1-3H3,(H,12,13)(H,14,15). The summed E-state index contributed by atoms with van der Waals surface area (Å²) in [7, 11) is 0. The number of hydrazine groups is 1. The Bertz CT molecular complexity index is 373. The monoisotopic (exact) mass is 224 g/mol. The summed E-state index contributed by atoms with van der Waals surface area (Å²) in [4.78, 5) is 15.2. The topological polar surface area (TPSA) is 89.3 Å². The molecule has 0 fully saturated rings. The molecule has 0 bridgehead atoms. The van der Waals surface area contributed by atoms with Gasteiger partial charge in [-0.25, -0.2) is 15.2 Å². The Labute approximate surface area is 94.2 Å². The molecule has 0 saturated heterocycles. The van der Waals surface area contributed by atoms with Gasteiger partial charge in [-0.3, -0.25) is 5.43 Å². The highest BCUT2D eigenvalue weighted by atomic mass is 16.6. The molecule has 1 rings (SSSR count). The number of nitrogens with one attached hydrogen (secondary N) is 2. The van der Waals surface area contributed by atoms with Crippen LogP contribution in [-0.4, -0.2) is 16.7 Å². The number of nitrogens with zero attached hydrogens (tertiary/aromatic N) is 1. The number of carbonyl (C=O) groups is 1. The van der Waals surface area contributed by atoms with Gasteiger partial charge in [0.1, 0.15) is 5.60 Å². The van der Waals surface area contributed by atoms with Crippen LogP contribution >= 0.6 is 0 Å². The van der Waals surface area contributed by atoms with E-state index in [2.05, 4.69) is 15.8 Å². The molecule has 16 heavy (non-hydrogen) atoms. The van der Waals surface area contributed by atoms with Crippen LogP contribution in [0.1, 0.15) is 20.8 Å². The van der Waals surface area contributed by atoms with Gasteiger partial charge in [-0.05, 0) is 32.9 Å². The van der Waals surface area contributed by atoms with E-state index in [4.69, 9.17) is 10.5 Å². The predicted octanol–water partition coefficient (Wildman–Crippen LogP) is 1.52. The van der Waals surface area contributed by atoms with Gasteiger partial charge in [0.15, 0.2) is 5.82 Å². The van der Waals surface area contributed by atoms with Gasteiger partial charge in [0, 0.05) is 6.20 Å². The Hall–Kier alpha value is -1.98. The maximum atomic E-state index is 11.3. The molecule has 6 heteroatoms. The molecule has 0 unspecified atom stereocenters. The van der Waals surface area contributed by atoms with E-state index >= 15 is 0 Å². The van der Waals surface area contributed by atoms with Gasteiger partial charge in [0.05, 0.1) is 5.69 Å². The first-order valence-corrected chi connectivity index (χ1v) is 4.84. The first-order valence-electron chi connectivity index (χ1n) is 4.84. The fourth-order valence-corrected chi connectivity index (χ4v) is 0.936. The third-order valence-electron chi connectivity index (χ3n) is 1.52. The van der Waals surface area contributed by atoms with Gasteiger partial charge >= 0.3 is 6.09 Å². The number of hydrogen-bond acceptors (Lipinski definition) is 5. The number of rotatable bonds is 2. The number of carbonyl (C=O) groups excluding carboxylic acids is 1. The normalized spacial score (nSPS) is 10.7. The van der Waals surface area contributed by atoms with E-state index in [9.17, 15) is 4.79 Å². The van der Waals surface area contributed by atoms with Gasteiger partial charge in [0.2, 0.25) is 0 Å². The number of hydrogen-bond donors (Lipinski definition) is 3. The lowest BCUT2D eigenvalue weighted by Crippen LogP contribution is -2.36. The summed E-state index contributed by atoms with van der Waals surface area (Å²) < 4.78 is 5.02. The van der Waals surface area contributed by atoms with Gasteiger partial charge in [-0.15, -0.1) is 0 Å². The van der Waals surface area contributed by atoms with Crippen LogP contribution in [-0.2, 0) is 4.74 Å². The molecule has 0 saturated carbocycles. The number of amides is 1. The second-order valence-corrected chi connectivity index (χ2v) is 4.19. The first kappa shape index (κ1) is 12.1. The fourth-order valence-electron chi connectivity index (χ4n) is 0.936. The van der Waals surface area contributed by atoms with Crippen LogP contribution in [0.15, 0.2) is 18.3 Å². The maximum absolute atomic E-state index is 11.3. The highest BCUT2D eigenvalue weighted by molar-refractivity contribution is 5.71. The molecule has 1 aromatic heterocycles. The van der Waals surface area contributed by atoms with Gasteiger partial charge < -0.3 is 10.5 Å². The van der Waals surface area contributed by atoms with Crippen molar-refractivity contribution in [2.45, 2.75) is 26.4 Å². The minimum atomic E-state index is -0.586. The second-order valence-electron chi connectivity index (χ2n) is 4.19. The third-order valence-corrected chi connectivity index (χ3v) is 1.52. The molecule has 1 heterocycles. The maximum Gasteiger partial charge on any atom is 0.426 e. The van der Waals surface area contributed by atoms with Crippen molar-refractivity contribution in [3.8, 4) is 0 Å². The molecule has 0 spiro atoms. The molecular formula is C10H16N4O2. The number of ether oxygens (including phenoxy) is 1. The Balaban J connectivity index is 2.47. The lowest BCUT2D eigenvalue weighted by Gasteiger charge is -2.20. The SMILES string of the molecule is CC(C)(C)OC(=O)NNc1ncccc1N. The average Bonchev–Trinajstić information content (AvgIpc) is 2.14. The summed E-state index contributed by atoms with van der Waals surface area (Å²) in [5.41, 5.74) is 10.4. The smallest absolute Gasteiger partial charge is 0.426 e. The number of anilines is 2. The summed E-state index contributed by atoms with van der Waals surface area (Å²) in [6, 6.07) is 3.38. The Morgan fingerprint density at radius 1 is 1.50 bits per heavy atom. The quantitative estimate of drug-likeness (QED) is 0.663. The van der Waals surface area contributed by atoms with Crippen molar-refractivity contribution in [1.29, 1.82) is 0 Å². The number of pyridine rings is 1. The lowest BCUT2D eigenvalue weighted by molar-refractivity contribution is 0.0541. The van der Waals surface area contributed by atoms with Crippen molar-refractivity contribution < 1.29 is 9.53 Å². The zero-order valence-corrected chi connectivity index (χ0v) is 9.57. The first-order chi connectivity index (χ1) is 7.38. The van der Waals surface area contributed by atoms with Crippen molar-refractivity contribution in [3.63, 3.8) is 0 Å². The molecule has 0 aromatic carbocycles. The Kier molecular flexibility index (Phi) is 3.55. The number of nitrogen functional groups attached to an aromatic ring is 1. The van der Waals surface area contributed by atoms with Crippen LogP contribution in [0.2, 0.25) is 0 Å². The highest BCUT2D eigenvalue weighted by Gasteiger charge is 2.15. The second kappa shape index (κ2) is 4.69. The van der Waals surface area contributed by atoms with E-state index in [1.54, 1.807) is 39.1 Å². The van der Waals surface area contributed by atoms with Crippen LogP contribution in [0, 0.1) is 0 Å². The summed E-state index contributed by atoms with van der Waals surface area (Å²) in [5.74, 6) is 0.383. The zero-order chi connectivity index (χ0) is 12.2. The lowest BCUT2D eigenvalue weighted by atomic mass is 10.2. The van der Waals surface area contributed by atoms with E-state index in [1.807, 2.05) is 0 Å². The molecule has 1 aromatic rings. The van der Waals surface area contributed by atoms with Crippen LogP contribution in [0.3, 0.4) is 0 Å².